The molecule has 5 nitrogen and oxygen atoms in total. The van der Waals surface area contributed by atoms with Gasteiger partial charge >= 0.3 is 0 Å². The van der Waals surface area contributed by atoms with Gasteiger partial charge in [0.05, 0.1) is 17.1 Å². The van der Waals surface area contributed by atoms with Gasteiger partial charge in [-0.15, -0.1) is 0 Å². The fourth-order valence-electron chi connectivity index (χ4n) is 2.29. The number of aryl methyl sites for hydroxylation is 1. The number of amides is 2. The van der Waals surface area contributed by atoms with Gasteiger partial charge in [0.2, 0.25) is 0 Å². The summed E-state index contributed by atoms with van der Waals surface area (Å²) in [6.07, 6.45) is 1.57. The Morgan fingerprint density at radius 2 is 1.92 bits per heavy atom. The van der Waals surface area contributed by atoms with Gasteiger partial charge in [-0.05, 0) is 49.0 Å². The summed E-state index contributed by atoms with van der Waals surface area (Å²) in [4.78, 5) is 42.4. The first-order valence-electron chi connectivity index (χ1n) is 7.42. The SMILES string of the molecule is Cc1cccc(/C=C2/SC(=O)N(CC(=O)c3ccc(Br)cc3)C2=O)n1. The number of thioether (sulfide) groups is 1. The molecule has 0 N–H and O–H groups in total. The average Bonchev–Trinajstić information content (AvgIpc) is 2.83. The number of aromatic nitrogens is 1. The molecule has 126 valence electrons. The summed E-state index contributed by atoms with van der Waals surface area (Å²) < 4.78 is 0.851. The van der Waals surface area contributed by atoms with Crippen molar-refractivity contribution < 1.29 is 14.4 Å². The molecule has 2 heterocycles. The zero-order chi connectivity index (χ0) is 18.0. The Kier molecular flexibility index (Phi) is 5.15. The number of nitrogens with zero attached hydrogens (tertiary/aromatic N) is 2. The number of halogens is 1. The zero-order valence-electron chi connectivity index (χ0n) is 13.2. The fourth-order valence-corrected chi connectivity index (χ4v) is 3.37. The van der Waals surface area contributed by atoms with Crippen molar-refractivity contribution in [3.8, 4) is 0 Å². The molecule has 2 amide bonds. The van der Waals surface area contributed by atoms with E-state index in [9.17, 15) is 14.4 Å². The maximum Gasteiger partial charge on any atom is 0.293 e. The molecule has 1 aromatic heterocycles. The molecule has 7 heteroatoms. The Hall–Kier alpha value is -2.25. The van der Waals surface area contributed by atoms with Gasteiger partial charge in [0.25, 0.3) is 11.1 Å². The Morgan fingerprint density at radius 3 is 2.60 bits per heavy atom. The van der Waals surface area contributed by atoms with Crippen LogP contribution in [0.25, 0.3) is 6.08 Å². The highest BCUT2D eigenvalue weighted by atomic mass is 79.9. The summed E-state index contributed by atoms with van der Waals surface area (Å²) in [5.74, 6) is -0.756. The molecule has 2 aromatic rings. The van der Waals surface area contributed by atoms with Crippen LogP contribution in [0.15, 0.2) is 51.8 Å². The van der Waals surface area contributed by atoms with Crippen molar-refractivity contribution in [1.82, 2.24) is 9.88 Å². The first-order chi connectivity index (χ1) is 11.9. The molecule has 0 atom stereocenters. The number of pyridine rings is 1. The molecule has 1 aliphatic heterocycles. The second-order valence-corrected chi connectivity index (χ2v) is 7.31. The van der Waals surface area contributed by atoms with E-state index < -0.39 is 11.1 Å². The molecule has 0 saturated carbocycles. The highest BCUT2D eigenvalue weighted by Gasteiger charge is 2.36. The largest absolute Gasteiger partial charge is 0.293 e. The van der Waals surface area contributed by atoms with Gasteiger partial charge in [0.1, 0.15) is 0 Å². The van der Waals surface area contributed by atoms with Crippen molar-refractivity contribution in [3.63, 3.8) is 0 Å². The number of Topliss-reactive ketones (excluding diaryl/α,β-unsaturated/α-hetero) is 1. The molecule has 3 rings (SSSR count). The van der Waals surface area contributed by atoms with Crippen LogP contribution in [0.3, 0.4) is 0 Å². The van der Waals surface area contributed by atoms with Gasteiger partial charge in [0.15, 0.2) is 5.78 Å². The molecule has 0 radical (unpaired) electrons. The lowest BCUT2D eigenvalue weighted by molar-refractivity contribution is -0.122. The monoisotopic (exact) mass is 416 g/mol. The van der Waals surface area contributed by atoms with E-state index in [0.29, 0.717) is 11.3 Å². The van der Waals surface area contributed by atoms with Gasteiger partial charge in [-0.2, -0.15) is 0 Å². The molecule has 0 aliphatic carbocycles. The lowest BCUT2D eigenvalue weighted by atomic mass is 10.1. The van der Waals surface area contributed by atoms with E-state index in [1.54, 1.807) is 36.4 Å². The summed E-state index contributed by atoms with van der Waals surface area (Å²) in [5, 5.41) is -0.450. The summed E-state index contributed by atoms with van der Waals surface area (Å²) in [7, 11) is 0. The van der Waals surface area contributed by atoms with E-state index in [1.165, 1.54) is 0 Å². The number of rotatable bonds is 4. The van der Waals surface area contributed by atoms with E-state index in [1.807, 2.05) is 19.1 Å². The van der Waals surface area contributed by atoms with Crippen molar-refractivity contribution in [3.05, 3.63) is 68.8 Å². The molecular formula is C18H13BrN2O3S. The van der Waals surface area contributed by atoms with E-state index in [4.69, 9.17) is 0 Å². The van der Waals surface area contributed by atoms with Crippen LogP contribution in [0.1, 0.15) is 21.7 Å². The summed E-state index contributed by atoms with van der Waals surface area (Å²) in [6.45, 7) is 1.57. The highest BCUT2D eigenvalue weighted by Crippen LogP contribution is 2.32. The molecule has 1 aliphatic rings. The van der Waals surface area contributed by atoms with Gasteiger partial charge in [-0.3, -0.25) is 24.3 Å². The third-order valence-corrected chi connectivity index (χ3v) is 4.97. The number of carbonyl (C=O) groups excluding carboxylic acids is 3. The number of imide groups is 1. The predicted molar refractivity (Wildman–Crippen MR) is 100 cm³/mol. The van der Waals surface area contributed by atoms with Gasteiger partial charge in [-0.25, -0.2) is 0 Å². The van der Waals surface area contributed by atoms with E-state index in [0.717, 1.165) is 26.8 Å². The van der Waals surface area contributed by atoms with Gasteiger partial charge in [-0.1, -0.05) is 34.1 Å². The first kappa shape index (κ1) is 17.6. The first-order valence-corrected chi connectivity index (χ1v) is 9.03. The zero-order valence-corrected chi connectivity index (χ0v) is 15.6. The van der Waals surface area contributed by atoms with E-state index in [-0.39, 0.29) is 17.2 Å². The van der Waals surface area contributed by atoms with Crippen LogP contribution >= 0.6 is 27.7 Å². The molecular weight excluding hydrogens is 404 g/mol. The minimum Gasteiger partial charge on any atom is -0.292 e. The number of hydrogen-bond acceptors (Lipinski definition) is 5. The van der Waals surface area contributed by atoms with Crippen LogP contribution in [0.4, 0.5) is 4.79 Å². The maximum atomic E-state index is 12.5. The third-order valence-electron chi connectivity index (χ3n) is 3.53. The van der Waals surface area contributed by atoms with Crippen LogP contribution in [0.2, 0.25) is 0 Å². The van der Waals surface area contributed by atoms with Crippen LogP contribution in [-0.4, -0.2) is 33.4 Å². The number of ketones is 1. The van der Waals surface area contributed by atoms with Crippen molar-refractivity contribution >= 4 is 50.7 Å². The lowest BCUT2D eigenvalue weighted by Gasteiger charge is -2.11. The smallest absolute Gasteiger partial charge is 0.292 e. The van der Waals surface area contributed by atoms with Gasteiger partial charge < -0.3 is 0 Å². The Bertz CT molecular complexity index is 893. The predicted octanol–water partition coefficient (Wildman–Crippen LogP) is 4.07. The minimum atomic E-state index is -0.469. The average molecular weight is 417 g/mol. The van der Waals surface area contributed by atoms with Crippen molar-refractivity contribution in [2.75, 3.05) is 6.54 Å². The molecule has 25 heavy (non-hydrogen) atoms. The second kappa shape index (κ2) is 7.33. The quantitative estimate of drug-likeness (QED) is 0.554. The number of benzene rings is 1. The summed E-state index contributed by atoms with van der Waals surface area (Å²) in [6, 6.07) is 12.2. The molecule has 0 unspecified atom stereocenters. The number of carbonyl (C=O) groups is 3. The summed E-state index contributed by atoms with van der Waals surface area (Å²) in [5.41, 5.74) is 1.87. The Morgan fingerprint density at radius 1 is 1.20 bits per heavy atom. The van der Waals surface area contributed by atoms with E-state index >= 15 is 0 Å². The van der Waals surface area contributed by atoms with Crippen molar-refractivity contribution in [2.45, 2.75) is 6.92 Å². The second-order valence-electron chi connectivity index (χ2n) is 5.40. The Balaban J connectivity index is 1.77. The molecule has 1 saturated heterocycles. The van der Waals surface area contributed by atoms with Crippen LogP contribution < -0.4 is 0 Å². The number of hydrogen-bond donors (Lipinski definition) is 0. The van der Waals surface area contributed by atoms with Crippen LogP contribution in [0, 0.1) is 6.92 Å². The van der Waals surface area contributed by atoms with Crippen LogP contribution in [0.5, 0.6) is 0 Å². The van der Waals surface area contributed by atoms with Crippen molar-refractivity contribution in [2.24, 2.45) is 0 Å². The summed E-state index contributed by atoms with van der Waals surface area (Å²) >= 11 is 4.12. The molecule has 1 aromatic carbocycles. The van der Waals surface area contributed by atoms with Crippen LogP contribution in [-0.2, 0) is 4.79 Å². The molecule has 1 fully saturated rings. The lowest BCUT2D eigenvalue weighted by Crippen LogP contribution is -2.33. The minimum absolute atomic E-state index is 0.270. The topological polar surface area (TPSA) is 67.3 Å². The third kappa shape index (κ3) is 4.05. The molecule has 0 bridgehead atoms. The molecule has 0 spiro atoms. The fraction of sp³-hybridized carbons (Fsp3) is 0.111. The van der Waals surface area contributed by atoms with E-state index in [2.05, 4.69) is 20.9 Å². The highest BCUT2D eigenvalue weighted by molar-refractivity contribution is 9.10. The van der Waals surface area contributed by atoms with Gasteiger partial charge in [0, 0.05) is 15.7 Å². The Labute approximate surface area is 157 Å². The maximum absolute atomic E-state index is 12.5. The standard InChI is InChI=1S/C18H13BrN2O3S/c1-11-3-2-4-14(20-11)9-16-17(23)21(18(24)25-16)10-15(22)12-5-7-13(19)8-6-12/h2-9H,10H2,1H3/b16-9+. The van der Waals surface area contributed by atoms with Crippen molar-refractivity contribution in [1.29, 1.82) is 0 Å². The normalized spacial score (nSPS) is 15.9.